The van der Waals surface area contributed by atoms with Gasteiger partial charge in [0.05, 0.1) is 6.42 Å². The Bertz CT molecular complexity index is 381. The lowest BCUT2D eigenvalue weighted by Gasteiger charge is -2.27. The Balaban J connectivity index is 0.00000144. The Morgan fingerprint density at radius 3 is 2.82 bits per heavy atom. The summed E-state index contributed by atoms with van der Waals surface area (Å²) in [6.07, 6.45) is 0.403. The van der Waals surface area contributed by atoms with Gasteiger partial charge in [-0.05, 0) is 17.7 Å². The van der Waals surface area contributed by atoms with E-state index in [1.54, 1.807) is 0 Å². The van der Waals surface area contributed by atoms with Crippen LogP contribution in [0.1, 0.15) is 5.56 Å². The summed E-state index contributed by atoms with van der Waals surface area (Å²) in [5, 5.41) is 6.78. The maximum Gasteiger partial charge on any atom is 0.224 e. The number of hydrogen-bond donors (Lipinski definition) is 2. The molecule has 0 bridgehead atoms. The Hall–Kier alpha value is -0.770. The van der Waals surface area contributed by atoms with Crippen molar-refractivity contribution in [2.75, 3.05) is 19.6 Å². The molecule has 0 unspecified atom stereocenters. The Labute approximate surface area is 112 Å². The van der Waals surface area contributed by atoms with E-state index in [1.165, 1.54) is 0 Å². The van der Waals surface area contributed by atoms with Gasteiger partial charge >= 0.3 is 0 Å². The highest BCUT2D eigenvalue weighted by atomic mass is 35.5. The molecule has 1 fully saturated rings. The number of carbonyl (C=O) groups excluding carboxylic acids is 1. The van der Waals surface area contributed by atoms with Gasteiger partial charge in [0.2, 0.25) is 5.91 Å². The molecule has 1 aliphatic heterocycles. The molecule has 1 aromatic rings. The second-order valence-electron chi connectivity index (χ2n) is 4.14. The van der Waals surface area contributed by atoms with Gasteiger partial charge in [0, 0.05) is 30.6 Å². The summed E-state index contributed by atoms with van der Waals surface area (Å²) in [5.74, 6) is 0.664. The minimum atomic E-state index is 0. The standard InChI is InChI=1S/C12H15ClN2O.ClH/c13-11-3-1-2-9(4-11)5-12(16)15-8-10-6-14-7-10;/h1-4,10,14H,5-8H2,(H,15,16);1H. The van der Waals surface area contributed by atoms with E-state index < -0.39 is 0 Å². The van der Waals surface area contributed by atoms with Crippen molar-refractivity contribution in [1.29, 1.82) is 0 Å². The molecule has 94 valence electrons. The molecule has 0 aliphatic carbocycles. The third-order valence-corrected chi connectivity index (χ3v) is 2.94. The number of halogens is 2. The van der Waals surface area contributed by atoms with Gasteiger partial charge in [-0.3, -0.25) is 4.79 Å². The lowest BCUT2D eigenvalue weighted by Crippen LogP contribution is -2.48. The number of hydrogen-bond acceptors (Lipinski definition) is 2. The molecule has 17 heavy (non-hydrogen) atoms. The topological polar surface area (TPSA) is 41.1 Å². The Morgan fingerprint density at radius 1 is 1.47 bits per heavy atom. The number of amides is 1. The monoisotopic (exact) mass is 274 g/mol. The van der Waals surface area contributed by atoms with Crippen LogP contribution in [0.3, 0.4) is 0 Å². The van der Waals surface area contributed by atoms with Crippen molar-refractivity contribution in [3.8, 4) is 0 Å². The zero-order chi connectivity index (χ0) is 11.4. The first kappa shape index (κ1) is 14.3. The summed E-state index contributed by atoms with van der Waals surface area (Å²) in [5.41, 5.74) is 0.955. The fraction of sp³-hybridized carbons (Fsp3) is 0.417. The quantitative estimate of drug-likeness (QED) is 0.877. The molecule has 1 saturated heterocycles. The van der Waals surface area contributed by atoms with Crippen molar-refractivity contribution in [3.63, 3.8) is 0 Å². The molecule has 0 saturated carbocycles. The molecule has 0 aromatic heterocycles. The van der Waals surface area contributed by atoms with Crippen molar-refractivity contribution in [3.05, 3.63) is 34.9 Å². The predicted octanol–water partition coefficient (Wildman–Crippen LogP) is 1.64. The molecule has 1 amide bonds. The van der Waals surface area contributed by atoms with Crippen molar-refractivity contribution >= 4 is 29.9 Å². The zero-order valence-electron chi connectivity index (χ0n) is 9.41. The van der Waals surface area contributed by atoms with E-state index in [9.17, 15) is 4.79 Å². The fourth-order valence-corrected chi connectivity index (χ4v) is 1.86. The third-order valence-electron chi connectivity index (χ3n) is 2.71. The van der Waals surface area contributed by atoms with E-state index in [-0.39, 0.29) is 18.3 Å². The Morgan fingerprint density at radius 2 is 2.24 bits per heavy atom. The average Bonchev–Trinajstić information content (AvgIpc) is 2.15. The zero-order valence-corrected chi connectivity index (χ0v) is 11.0. The van der Waals surface area contributed by atoms with Gasteiger partial charge in [0.25, 0.3) is 0 Å². The van der Waals surface area contributed by atoms with Crippen molar-refractivity contribution in [2.24, 2.45) is 5.92 Å². The van der Waals surface area contributed by atoms with Crippen LogP contribution in [-0.2, 0) is 11.2 Å². The van der Waals surface area contributed by atoms with Crippen LogP contribution in [0, 0.1) is 5.92 Å². The van der Waals surface area contributed by atoms with Crippen molar-refractivity contribution in [1.82, 2.24) is 10.6 Å². The van der Waals surface area contributed by atoms with Gasteiger partial charge in [-0.25, -0.2) is 0 Å². The number of nitrogens with one attached hydrogen (secondary N) is 2. The van der Waals surface area contributed by atoms with Gasteiger partial charge in [-0.15, -0.1) is 12.4 Å². The summed E-state index contributed by atoms with van der Waals surface area (Å²) in [4.78, 5) is 11.6. The minimum Gasteiger partial charge on any atom is -0.355 e. The molecular weight excluding hydrogens is 259 g/mol. The van der Waals surface area contributed by atoms with Crippen LogP contribution in [0.25, 0.3) is 0 Å². The van der Waals surface area contributed by atoms with Crippen LogP contribution in [0.5, 0.6) is 0 Å². The Kier molecular flexibility index (Phi) is 5.75. The SMILES string of the molecule is Cl.O=C(Cc1cccc(Cl)c1)NCC1CNC1. The van der Waals surface area contributed by atoms with Crippen LogP contribution in [-0.4, -0.2) is 25.5 Å². The van der Waals surface area contributed by atoms with Crippen LogP contribution in [0.2, 0.25) is 5.02 Å². The average molecular weight is 275 g/mol. The molecule has 0 atom stereocenters. The molecule has 2 rings (SSSR count). The van der Waals surface area contributed by atoms with Crippen LogP contribution in [0.4, 0.5) is 0 Å². The van der Waals surface area contributed by atoms with Gasteiger partial charge in [0.1, 0.15) is 0 Å². The first-order valence-electron chi connectivity index (χ1n) is 5.46. The number of benzene rings is 1. The van der Waals surface area contributed by atoms with Crippen molar-refractivity contribution in [2.45, 2.75) is 6.42 Å². The van der Waals surface area contributed by atoms with E-state index in [0.717, 1.165) is 25.2 Å². The maximum absolute atomic E-state index is 11.6. The second kappa shape index (κ2) is 6.84. The van der Waals surface area contributed by atoms with E-state index in [0.29, 0.717) is 17.4 Å². The molecule has 2 N–H and O–H groups in total. The summed E-state index contributed by atoms with van der Waals surface area (Å²) in [6, 6.07) is 7.41. The van der Waals surface area contributed by atoms with E-state index >= 15 is 0 Å². The highest BCUT2D eigenvalue weighted by Crippen LogP contribution is 2.11. The van der Waals surface area contributed by atoms with Crippen LogP contribution >= 0.6 is 24.0 Å². The van der Waals surface area contributed by atoms with E-state index in [2.05, 4.69) is 10.6 Å². The number of rotatable bonds is 4. The lowest BCUT2D eigenvalue weighted by molar-refractivity contribution is -0.120. The lowest BCUT2D eigenvalue weighted by atomic mass is 10.0. The van der Waals surface area contributed by atoms with E-state index in [1.807, 2.05) is 24.3 Å². The maximum atomic E-state index is 11.6. The molecular formula is C12H16Cl2N2O. The van der Waals surface area contributed by atoms with Gasteiger partial charge < -0.3 is 10.6 Å². The molecule has 1 aromatic carbocycles. The normalized spacial score (nSPS) is 14.6. The molecule has 3 nitrogen and oxygen atoms in total. The number of carbonyl (C=O) groups is 1. The van der Waals surface area contributed by atoms with Gasteiger partial charge in [-0.2, -0.15) is 0 Å². The smallest absolute Gasteiger partial charge is 0.224 e. The summed E-state index contributed by atoms with van der Waals surface area (Å²) >= 11 is 5.85. The predicted molar refractivity (Wildman–Crippen MR) is 71.8 cm³/mol. The molecule has 5 heteroatoms. The first-order valence-corrected chi connectivity index (χ1v) is 5.83. The molecule has 1 aliphatic rings. The third kappa shape index (κ3) is 4.54. The second-order valence-corrected chi connectivity index (χ2v) is 4.57. The summed E-state index contributed by atoms with van der Waals surface area (Å²) in [6.45, 7) is 2.79. The van der Waals surface area contributed by atoms with Gasteiger partial charge in [0.15, 0.2) is 0 Å². The highest BCUT2D eigenvalue weighted by molar-refractivity contribution is 6.30. The summed E-state index contributed by atoms with van der Waals surface area (Å²) in [7, 11) is 0. The highest BCUT2D eigenvalue weighted by Gasteiger charge is 2.16. The molecule has 0 radical (unpaired) electrons. The van der Waals surface area contributed by atoms with Crippen molar-refractivity contribution < 1.29 is 4.79 Å². The summed E-state index contributed by atoms with van der Waals surface area (Å²) < 4.78 is 0. The van der Waals surface area contributed by atoms with Crippen LogP contribution < -0.4 is 10.6 Å². The minimum absolute atomic E-state index is 0. The largest absolute Gasteiger partial charge is 0.355 e. The van der Waals surface area contributed by atoms with Crippen LogP contribution in [0.15, 0.2) is 24.3 Å². The van der Waals surface area contributed by atoms with E-state index in [4.69, 9.17) is 11.6 Å². The van der Waals surface area contributed by atoms with Gasteiger partial charge in [-0.1, -0.05) is 23.7 Å². The molecule has 0 spiro atoms. The first-order chi connectivity index (χ1) is 7.74. The molecule has 1 heterocycles. The fourth-order valence-electron chi connectivity index (χ4n) is 1.65.